The number of furan rings is 1. The first-order valence-corrected chi connectivity index (χ1v) is 23.6. The first-order valence-electron chi connectivity index (χ1n) is 16.3. The van der Waals surface area contributed by atoms with Crippen LogP contribution in [0.25, 0.3) is 55.6 Å². The third-order valence-corrected chi connectivity index (χ3v) is 12.7. The Balaban J connectivity index is 0.000000214. The van der Waals surface area contributed by atoms with Crippen LogP contribution in [-0.4, -0.2) is 23.2 Å². The topological polar surface area (TPSA) is 38.9 Å². The fourth-order valence-electron chi connectivity index (χ4n) is 6.21. The average Bonchev–Trinajstić information content (AvgIpc) is 3.44. The van der Waals surface area contributed by atoms with Gasteiger partial charge in [-0.2, -0.15) is 0 Å². The Morgan fingerprint density at radius 2 is 1.54 bits per heavy atom. The fraction of sp³-hybridized carbons (Fsp3) is 0.209. The number of hydrogen-bond donors (Lipinski definition) is 0. The maximum atomic E-state index is 6.37. The number of hydrogen-bond acceptors (Lipinski definition) is 3. The van der Waals surface area contributed by atoms with Crippen LogP contribution in [-0.2, 0) is 26.5 Å². The van der Waals surface area contributed by atoms with Crippen molar-refractivity contribution in [2.24, 2.45) is 5.41 Å². The van der Waals surface area contributed by atoms with Crippen molar-refractivity contribution >= 4 is 39.6 Å². The summed E-state index contributed by atoms with van der Waals surface area (Å²) in [6.07, 6.45) is 4.96. The summed E-state index contributed by atoms with van der Waals surface area (Å²) in [4.78, 5) is 9.24. The van der Waals surface area contributed by atoms with Gasteiger partial charge in [0.15, 0.2) is 0 Å². The molecular formula is C43H42GeIrN2O-2. The SMILES string of the molecule is CC(C)(C)Cc1ccnc(-c2[c-]ccc3c2oc2cccc(-c4ccccc4)c23)c1.Cc1cc(-c2[c-]cccc2)nc[c]1[Ge]([CH3])([CH3])[CH3].[Ir]. The van der Waals surface area contributed by atoms with Crippen molar-refractivity contribution < 1.29 is 24.5 Å². The minimum absolute atomic E-state index is 0. The van der Waals surface area contributed by atoms with E-state index in [1.54, 1.807) is 0 Å². The molecule has 0 unspecified atom stereocenters. The molecule has 0 aliphatic heterocycles. The number of benzene rings is 4. The molecule has 1 radical (unpaired) electrons. The summed E-state index contributed by atoms with van der Waals surface area (Å²) in [6, 6.07) is 41.8. The van der Waals surface area contributed by atoms with E-state index >= 15 is 0 Å². The Morgan fingerprint density at radius 1 is 0.771 bits per heavy atom. The first kappa shape index (κ1) is 35.5. The summed E-state index contributed by atoms with van der Waals surface area (Å²) in [5.41, 5.74) is 10.9. The van der Waals surface area contributed by atoms with Crippen molar-refractivity contribution in [3.63, 3.8) is 0 Å². The zero-order valence-corrected chi connectivity index (χ0v) is 33.3. The van der Waals surface area contributed by atoms with Gasteiger partial charge in [-0.1, -0.05) is 85.8 Å². The molecule has 3 heterocycles. The Morgan fingerprint density at radius 3 is 2.23 bits per heavy atom. The molecule has 7 aromatic rings. The smallest absolute Gasteiger partial charge is 0 e. The molecule has 3 aromatic heterocycles. The number of pyridine rings is 2. The van der Waals surface area contributed by atoms with Gasteiger partial charge in [-0.15, -0.1) is 18.2 Å². The standard InChI is InChI=1S/C28H24NO.C15H18GeN.Ir/c1-28(2,3)18-19-15-16-29-24(17-19)22-12-7-13-23-26-21(20-9-5-4-6-10-20)11-8-14-25(26)30-27(22)23;1-12-10-15(13-8-6-5-7-9-13)17-11-14(12)16(2,3)4;/h4-11,13-17H,18H2,1-3H3;5-8,10-11H,1-4H3;/q2*-1;. The van der Waals surface area contributed by atoms with Crippen LogP contribution in [0.1, 0.15) is 31.9 Å². The summed E-state index contributed by atoms with van der Waals surface area (Å²) < 4.78 is 7.86. The van der Waals surface area contributed by atoms with Crippen LogP contribution < -0.4 is 4.40 Å². The molecule has 0 atom stereocenters. The van der Waals surface area contributed by atoms with Gasteiger partial charge in [-0.05, 0) is 40.8 Å². The third kappa shape index (κ3) is 8.06. The van der Waals surface area contributed by atoms with E-state index in [0.29, 0.717) is 0 Å². The minimum Gasteiger partial charge on any atom is 0 e. The number of fused-ring (bicyclic) bond motifs is 3. The summed E-state index contributed by atoms with van der Waals surface area (Å²) in [6.45, 7) is 8.96. The summed E-state index contributed by atoms with van der Waals surface area (Å²) in [7, 11) is 0. The van der Waals surface area contributed by atoms with E-state index in [-0.39, 0.29) is 25.5 Å². The molecule has 0 amide bonds. The fourth-order valence-corrected chi connectivity index (χ4v) is 9.80. The quantitative estimate of drug-likeness (QED) is 0.128. The van der Waals surface area contributed by atoms with Crippen molar-refractivity contribution in [3.05, 3.63) is 139 Å². The third-order valence-electron chi connectivity index (χ3n) is 8.26. The maximum absolute atomic E-state index is 6.37. The molecule has 7 rings (SSSR count). The molecule has 0 N–H and O–H groups in total. The van der Waals surface area contributed by atoms with Crippen LogP contribution in [0.2, 0.25) is 17.3 Å². The predicted molar refractivity (Wildman–Crippen MR) is 201 cm³/mol. The van der Waals surface area contributed by atoms with E-state index < -0.39 is 13.3 Å². The van der Waals surface area contributed by atoms with Gasteiger partial charge in [0, 0.05) is 31.7 Å². The van der Waals surface area contributed by atoms with Crippen LogP contribution in [0.5, 0.6) is 0 Å². The van der Waals surface area contributed by atoms with Crippen LogP contribution in [0, 0.1) is 24.5 Å². The molecule has 0 aliphatic carbocycles. The number of rotatable bonds is 5. The monoisotopic (exact) mass is 869 g/mol. The second-order valence-corrected chi connectivity index (χ2v) is 25.0. The van der Waals surface area contributed by atoms with Crippen molar-refractivity contribution in [1.29, 1.82) is 0 Å². The maximum Gasteiger partial charge on any atom is 0 e. The van der Waals surface area contributed by atoms with E-state index in [2.05, 4.69) is 140 Å². The second kappa shape index (κ2) is 14.7. The van der Waals surface area contributed by atoms with E-state index in [0.717, 1.165) is 50.9 Å². The molecule has 5 heteroatoms. The summed E-state index contributed by atoms with van der Waals surface area (Å²) in [5.74, 6) is 7.20. The van der Waals surface area contributed by atoms with Gasteiger partial charge >= 0.3 is 106 Å². The zero-order chi connectivity index (χ0) is 33.2. The molecule has 0 saturated carbocycles. The minimum atomic E-state index is -1.77. The Labute approximate surface area is 301 Å². The Kier molecular flexibility index (Phi) is 10.9. The number of aryl methyl sites for hydroxylation is 1. The number of aromatic nitrogens is 2. The average molecular weight is 868 g/mol. The van der Waals surface area contributed by atoms with Gasteiger partial charge in [0.1, 0.15) is 5.58 Å². The van der Waals surface area contributed by atoms with Crippen LogP contribution in [0.4, 0.5) is 0 Å². The molecule has 0 saturated heterocycles. The summed E-state index contributed by atoms with van der Waals surface area (Å²) in [5, 5.41) is 2.24. The molecule has 0 fully saturated rings. The molecule has 48 heavy (non-hydrogen) atoms. The van der Waals surface area contributed by atoms with E-state index in [1.807, 2.05) is 42.6 Å². The van der Waals surface area contributed by atoms with Gasteiger partial charge in [0.25, 0.3) is 0 Å². The van der Waals surface area contributed by atoms with Gasteiger partial charge < -0.3 is 9.40 Å². The van der Waals surface area contributed by atoms with Crippen molar-refractivity contribution in [3.8, 4) is 33.6 Å². The molecule has 3 nitrogen and oxygen atoms in total. The predicted octanol–water partition coefficient (Wildman–Crippen LogP) is 11.1. The zero-order valence-electron chi connectivity index (χ0n) is 28.8. The van der Waals surface area contributed by atoms with E-state index in [1.165, 1.54) is 26.6 Å². The Bertz CT molecular complexity index is 2140. The van der Waals surface area contributed by atoms with E-state index in [4.69, 9.17) is 4.42 Å². The molecule has 4 aromatic carbocycles. The van der Waals surface area contributed by atoms with Crippen molar-refractivity contribution in [2.45, 2.75) is 51.4 Å². The second-order valence-electron chi connectivity index (χ2n) is 14.4. The largest absolute Gasteiger partial charge is 0 e. The van der Waals surface area contributed by atoms with Crippen LogP contribution in [0.3, 0.4) is 0 Å². The van der Waals surface area contributed by atoms with Crippen molar-refractivity contribution in [1.82, 2.24) is 9.97 Å². The molecular weight excluding hydrogens is 825 g/mol. The van der Waals surface area contributed by atoms with Gasteiger partial charge in [-0.25, -0.2) is 0 Å². The molecule has 0 bridgehead atoms. The Hall–Kier alpha value is -3.83. The summed E-state index contributed by atoms with van der Waals surface area (Å²) >= 11 is -1.77. The number of nitrogens with zero attached hydrogens (tertiary/aromatic N) is 2. The molecule has 0 spiro atoms. The van der Waals surface area contributed by atoms with Gasteiger partial charge in [-0.3, -0.25) is 0 Å². The van der Waals surface area contributed by atoms with Gasteiger partial charge in [0.05, 0.1) is 5.58 Å². The normalized spacial score (nSPS) is 11.6. The molecule has 245 valence electrons. The van der Waals surface area contributed by atoms with Crippen LogP contribution >= 0.6 is 0 Å². The molecule has 0 aliphatic rings. The van der Waals surface area contributed by atoms with E-state index in [9.17, 15) is 0 Å². The first-order chi connectivity index (χ1) is 22.5. The van der Waals surface area contributed by atoms with Crippen LogP contribution in [0.15, 0.2) is 120 Å². The van der Waals surface area contributed by atoms with Crippen molar-refractivity contribution in [2.75, 3.05) is 0 Å². The van der Waals surface area contributed by atoms with Gasteiger partial charge in [0.2, 0.25) is 0 Å².